The Morgan fingerprint density at radius 1 is 1.44 bits per heavy atom. The summed E-state index contributed by atoms with van der Waals surface area (Å²) in [5, 5.41) is 20.3. The van der Waals surface area contributed by atoms with Gasteiger partial charge in [0.15, 0.2) is 6.54 Å². The zero-order chi connectivity index (χ0) is 11.5. The first kappa shape index (κ1) is 10.6. The average molecular weight is 239 g/mol. The zero-order valence-electron chi connectivity index (χ0n) is 8.04. The van der Waals surface area contributed by atoms with Crippen molar-refractivity contribution in [2.75, 3.05) is 0 Å². The molecule has 0 spiro atoms. The van der Waals surface area contributed by atoms with Gasteiger partial charge in [0.1, 0.15) is 0 Å². The molecule has 1 aromatic carbocycles. The smallest absolute Gasteiger partial charge is 0.327 e. The van der Waals surface area contributed by atoms with Crippen molar-refractivity contribution in [3.05, 3.63) is 29.3 Å². The van der Waals surface area contributed by atoms with Crippen molar-refractivity contribution >= 4 is 17.6 Å². The highest BCUT2D eigenvalue weighted by molar-refractivity contribution is 6.33. The van der Waals surface area contributed by atoms with E-state index in [1.807, 2.05) is 0 Å². The molecule has 0 unspecified atom stereocenters. The molecule has 0 radical (unpaired) electrons. The van der Waals surface area contributed by atoms with Gasteiger partial charge in [-0.3, -0.25) is 4.79 Å². The van der Waals surface area contributed by atoms with Gasteiger partial charge in [-0.2, -0.15) is 4.80 Å². The molecule has 16 heavy (non-hydrogen) atoms. The Morgan fingerprint density at radius 3 is 2.88 bits per heavy atom. The van der Waals surface area contributed by atoms with Crippen LogP contribution in [0.3, 0.4) is 0 Å². The van der Waals surface area contributed by atoms with Gasteiger partial charge >= 0.3 is 5.97 Å². The van der Waals surface area contributed by atoms with Crippen LogP contribution in [0.15, 0.2) is 24.3 Å². The predicted molar refractivity (Wildman–Crippen MR) is 55.9 cm³/mol. The van der Waals surface area contributed by atoms with E-state index in [9.17, 15) is 4.79 Å². The number of hydrogen-bond donors (Lipinski definition) is 1. The Balaban J connectivity index is 2.32. The molecule has 7 heteroatoms. The van der Waals surface area contributed by atoms with Crippen LogP contribution in [-0.2, 0) is 11.3 Å². The van der Waals surface area contributed by atoms with Gasteiger partial charge in [0.25, 0.3) is 0 Å². The molecule has 0 bridgehead atoms. The summed E-state index contributed by atoms with van der Waals surface area (Å²) in [5.41, 5.74) is 0.626. The van der Waals surface area contributed by atoms with Gasteiger partial charge in [-0.15, -0.1) is 10.2 Å². The number of benzene rings is 1. The molecule has 82 valence electrons. The molecule has 2 aromatic rings. The van der Waals surface area contributed by atoms with Crippen molar-refractivity contribution in [3.63, 3.8) is 0 Å². The van der Waals surface area contributed by atoms with E-state index < -0.39 is 5.97 Å². The largest absolute Gasteiger partial charge is 0.480 e. The van der Waals surface area contributed by atoms with E-state index in [4.69, 9.17) is 16.7 Å². The molecule has 1 aromatic heterocycles. The summed E-state index contributed by atoms with van der Waals surface area (Å²) in [4.78, 5) is 11.4. The van der Waals surface area contributed by atoms with Crippen LogP contribution >= 0.6 is 11.6 Å². The third-order valence-electron chi connectivity index (χ3n) is 1.84. The fraction of sp³-hybridized carbons (Fsp3) is 0.111. The van der Waals surface area contributed by atoms with Crippen molar-refractivity contribution in [1.82, 2.24) is 20.2 Å². The molecule has 2 rings (SSSR count). The highest BCUT2D eigenvalue weighted by Crippen LogP contribution is 2.23. The Morgan fingerprint density at radius 2 is 2.19 bits per heavy atom. The molecule has 0 fully saturated rings. The second-order valence-electron chi connectivity index (χ2n) is 3.02. The lowest BCUT2D eigenvalue weighted by molar-refractivity contribution is -0.138. The molecular weight excluding hydrogens is 232 g/mol. The van der Waals surface area contributed by atoms with Crippen LogP contribution in [-0.4, -0.2) is 31.3 Å². The number of tetrazole rings is 1. The molecule has 0 aliphatic heterocycles. The lowest BCUT2D eigenvalue weighted by atomic mass is 10.2. The Hall–Kier alpha value is -1.95. The van der Waals surface area contributed by atoms with Crippen LogP contribution < -0.4 is 0 Å². The minimum absolute atomic E-state index is 0.312. The van der Waals surface area contributed by atoms with Crippen molar-refractivity contribution in [2.45, 2.75) is 6.54 Å². The summed E-state index contributed by atoms with van der Waals surface area (Å²) < 4.78 is 0. The normalized spacial score (nSPS) is 10.3. The van der Waals surface area contributed by atoms with Crippen molar-refractivity contribution in [3.8, 4) is 11.4 Å². The van der Waals surface area contributed by atoms with Crippen LogP contribution in [0, 0.1) is 0 Å². The number of carboxylic acids is 1. The Labute approximate surface area is 95.5 Å². The van der Waals surface area contributed by atoms with Crippen LogP contribution in [0.25, 0.3) is 11.4 Å². The molecule has 0 atom stereocenters. The summed E-state index contributed by atoms with van der Waals surface area (Å²) >= 11 is 5.94. The summed E-state index contributed by atoms with van der Waals surface area (Å²) in [5.74, 6) is -0.713. The van der Waals surface area contributed by atoms with E-state index in [1.165, 1.54) is 0 Å². The van der Waals surface area contributed by atoms with Crippen LogP contribution in [0.2, 0.25) is 5.02 Å². The second kappa shape index (κ2) is 4.28. The number of carbonyl (C=O) groups is 1. The summed E-state index contributed by atoms with van der Waals surface area (Å²) in [6, 6.07) is 7.02. The standard InChI is InChI=1S/C9H7ClN4O2/c10-7-4-2-1-3-6(7)9-11-13-14(12-9)5-8(15)16/h1-4H,5H2,(H,15,16). The topological polar surface area (TPSA) is 80.9 Å². The van der Waals surface area contributed by atoms with Gasteiger partial charge in [-0.1, -0.05) is 23.7 Å². The number of nitrogens with zero attached hydrogens (tertiary/aromatic N) is 4. The first-order valence-electron chi connectivity index (χ1n) is 4.41. The fourth-order valence-electron chi connectivity index (χ4n) is 1.18. The average Bonchev–Trinajstić information content (AvgIpc) is 2.66. The van der Waals surface area contributed by atoms with E-state index in [1.54, 1.807) is 24.3 Å². The molecule has 0 amide bonds. The quantitative estimate of drug-likeness (QED) is 0.865. The van der Waals surface area contributed by atoms with Crippen LogP contribution in [0.4, 0.5) is 0 Å². The minimum atomic E-state index is -1.02. The lowest BCUT2D eigenvalue weighted by Gasteiger charge is -1.96. The van der Waals surface area contributed by atoms with Crippen LogP contribution in [0.1, 0.15) is 0 Å². The third kappa shape index (κ3) is 2.17. The molecule has 0 aliphatic rings. The predicted octanol–water partition coefficient (Wildman–Crippen LogP) is 1.08. The second-order valence-corrected chi connectivity index (χ2v) is 3.42. The SMILES string of the molecule is O=C(O)Cn1nnc(-c2ccccc2Cl)n1. The number of hydrogen-bond acceptors (Lipinski definition) is 4. The van der Waals surface area contributed by atoms with Crippen LogP contribution in [0.5, 0.6) is 0 Å². The number of aromatic nitrogens is 4. The van der Waals surface area contributed by atoms with Gasteiger partial charge in [-0.05, 0) is 17.3 Å². The number of carboxylic acid groups (broad SMARTS) is 1. The molecule has 6 nitrogen and oxygen atoms in total. The van der Waals surface area contributed by atoms with Gasteiger partial charge in [0, 0.05) is 5.56 Å². The number of rotatable bonds is 3. The molecule has 0 saturated carbocycles. The van der Waals surface area contributed by atoms with E-state index in [0.717, 1.165) is 4.80 Å². The summed E-state index contributed by atoms with van der Waals surface area (Å²) in [6.07, 6.45) is 0. The molecular formula is C9H7ClN4O2. The zero-order valence-corrected chi connectivity index (χ0v) is 8.79. The third-order valence-corrected chi connectivity index (χ3v) is 2.17. The summed E-state index contributed by atoms with van der Waals surface area (Å²) in [7, 11) is 0. The van der Waals surface area contributed by atoms with Crippen molar-refractivity contribution in [2.24, 2.45) is 0 Å². The highest BCUT2D eigenvalue weighted by atomic mass is 35.5. The monoisotopic (exact) mass is 238 g/mol. The van der Waals surface area contributed by atoms with E-state index in [2.05, 4.69) is 15.4 Å². The van der Waals surface area contributed by atoms with Crippen molar-refractivity contribution in [1.29, 1.82) is 0 Å². The maximum atomic E-state index is 10.4. The first-order valence-corrected chi connectivity index (χ1v) is 4.79. The van der Waals surface area contributed by atoms with Gasteiger partial charge in [0.2, 0.25) is 5.82 Å². The molecule has 0 aliphatic carbocycles. The molecule has 1 N–H and O–H groups in total. The van der Waals surface area contributed by atoms with Gasteiger partial charge < -0.3 is 5.11 Å². The van der Waals surface area contributed by atoms with E-state index in [-0.39, 0.29) is 6.54 Å². The Kier molecular flexibility index (Phi) is 2.82. The fourth-order valence-corrected chi connectivity index (χ4v) is 1.40. The number of halogens is 1. The maximum absolute atomic E-state index is 10.4. The highest BCUT2D eigenvalue weighted by Gasteiger charge is 2.10. The maximum Gasteiger partial charge on any atom is 0.327 e. The van der Waals surface area contributed by atoms with Crippen molar-refractivity contribution < 1.29 is 9.90 Å². The molecule has 1 heterocycles. The number of aliphatic carboxylic acids is 1. The minimum Gasteiger partial charge on any atom is -0.480 e. The summed E-state index contributed by atoms with van der Waals surface area (Å²) in [6.45, 7) is -0.322. The van der Waals surface area contributed by atoms with E-state index in [0.29, 0.717) is 16.4 Å². The van der Waals surface area contributed by atoms with E-state index >= 15 is 0 Å². The molecule has 0 saturated heterocycles. The van der Waals surface area contributed by atoms with Gasteiger partial charge in [0.05, 0.1) is 5.02 Å². The van der Waals surface area contributed by atoms with Gasteiger partial charge in [-0.25, -0.2) is 0 Å². The Bertz CT molecular complexity index is 526. The lowest BCUT2D eigenvalue weighted by Crippen LogP contribution is -2.11. The first-order chi connectivity index (χ1) is 7.66.